The molecule has 0 bridgehead atoms. The third-order valence-corrected chi connectivity index (χ3v) is 7.07. The van der Waals surface area contributed by atoms with Crippen molar-refractivity contribution in [2.75, 3.05) is 4.72 Å². The Morgan fingerprint density at radius 1 is 1.14 bits per heavy atom. The lowest BCUT2D eigenvalue weighted by atomic mass is 9.77. The van der Waals surface area contributed by atoms with Crippen LogP contribution in [0.2, 0.25) is 0 Å². The molecule has 0 saturated carbocycles. The summed E-state index contributed by atoms with van der Waals surface area (Å²) in [5.74, 6) is -0.338. The topological polar surface area (TPSA) is 87.6 Å². The number of carbonyl (C=O) groups is 1. The molecule has 1 aromatic carbocycles. The minimum atomic E-state index is -3.60. The first-order valence-corrected chi connectivity index (χ1v) is 11.2. The largest absolute Gasteiger partial charge is 0.279 e. The predicted molar refractivity (Wildman–Crippen MR) is 113 cm³/mol. The summed E-state index contributed by atoms with van der Waals surface area (Å²) in [7, 11) is -3.60. The summed E-state index contributed by atoms with van der Waals surface area (Å²) in [6.07, 6.45) is 3.82. The SMILES string of the molecule is CC1=C/C(=N\NC(=O)c2ccc(NS(=O)(=O)c3cccs3)cc2)CC(C)(C)C1. The van der Waals surface area contributed by atoms with Crippen molar-refractivity contribution in [2.45, 2.75) is 37.8 Å². The Labute approximate surface area is 169 Å². The average molecular weight is 418 g/mol. The van der Waals surface area contributed by atoms with Crippen molar-refractivity contribution in [1.29, 1.82) is 0 Å². The van der Waals surface area contributed by atoms with E-state index in [4.69, 9.17) is 0 Å². The summed E-state index contributed by atoms with van der Waals surface area (Å²) in [5.41, 5.74) is 5.60. The van der Waals surface area contributed by atoms with E-state index in [1.807, 2.05) is 6.08 Å². The Hall–Kier alpha value is -2.45. The van der Waals surface area contributed by atoms with Crippen LogP contribution in [-0.4, -0.2) is 20.0 Å². The molecule has 1 aromatic heterocycles. The van der Waals surface area contributed by atoms with Crippen molar-refractivity contribution in [3.05, 3.63) is 59.0 Å². The molecule has 3 rings (SSSR count). The van der Waals surface area contributed by atoms with Crippen LogP contribution in [0.15, 0.2) is 62.7 Å². The monoisotopic (exact) mass is 417 g/mol. The Balaban J connectivity index is 1.66. The van der Waals surface area contributed by atoms with Crippen LogP contribution in [0.3, 0.4) is 0 Å². The lowest BCUT2D eigenvalue weighted by Crippen LogP contribution is -2.25. The van der Waals surface area contributed by atoms with Crippen LogP contribution in [-0.2, 0) is 10.0 Å². The number of benzene rings is 1. The summed E-state index contributed by atoms with van der Waals surface area (Å²) in [6.45, 7) is 6.42. The van der Waals surface area contributed by atoms with Crippen LogP contribution < -0.4 is 10.1 Å². The molecule has 28 heavy (non-hydrogen) atoms. The number of nitrogens with zero attached hydrogens (tertiary/aromatic N) is 1. The van der Waals surface area contributed by atoms with Gasteiger partial charge in [0.2, 0.25) is 0 Å². The zero-order valence-corrected chi connectivity index (χ0v) is 17.7. The summed E-state index contributed by atoms with van der Waals surface area (Å²) < 4.78 is 27.2. The number of carbonyl (C=O) groups excluding carboxylic acids is 1. The minimum Gasteiger partial charge on any atom is -0.279 e. The zero-order chi connectivity index (χ0) is 20.4. The molecule has 1 amide bonds. The number of hydrogen-bond donors (Lipinski definition) is 2. The summed E-state index contributed by atoms with van der Waals surface area (Å²) in [6, 6.07) is 9.46. The number of anilines is 1. The van der Waals surface area contributed by atoms with Gasteiger partial charge in [-0.2, -0.15) is 5.10 Å². The molecule has 6 nitrogen and oxygen atoms in total. The van der Waals surface area contributed by atoms with Gasteiger partial charge in [0.1, 0.15) is 4.21 Å². The summed E-state index contributed by atoms with van der Waals surface area (Å²) in [4.78, 5) is 12.3. The number of hydrazone groups is 1. The van der Waals surface area contributed by atoms with E-state index in [0.717, 1.165) is 29.9 Å². The number of hydrogen-bond acceptors (Lipinski definition) is 5. The third kappa shape index (κ3) is 5.08. The van der Waals surface area contributed by atoms with Crippen molar-refractivity contribution in [3.8, 4) is 0 Å². The molecule has 2 N–H and O–H groups in total. The van der Waals surface area contributed by atoms with Crippen molar-refractivity contribution >= 4 is 38.7 Å². The number of allylic oxidation sites excluding steroid dienone is 2. The molecule has 1 aliphatic rings. The molecule has 1 heterocycles. The van der Waals surface area contributed by atoms with Crippen LogP contribution >= 0.6 is 11.3 Å². The highest BCUT2D eigenvalue weighted by molar-refractivity contribution is 7.94. The first-order chi connectivity index (χ1) is 13.1. The average Bonchev–Trinajstić information content (AvgIpc) is 3.14. The Kier molecular flexibility index (Phi) is 5.71. The second-order valence-electron chi connectivity index (χ2n) is 7.67. The lowest BCUT2D eigenvalue weighted by Gasteiger charge is -2.29. The van der Waals surface area contributed by atoms with Gasteiger partial charge in [0, 0.05) is 11.3 Å². The van der Waals surface area contributed by atoms with Gasteiger partial charge in [-0.3, -0.25) is 9.52 Å². The molecular formula is C20H23N3O3S2. The highest BCUT2D eigenvalue weighted by atomic mass is 32.2. The van der Waals surface area contributed by atoms with E-state index in [-0.39, 0.29) is 15.5 Å². The van der Waals surface area contributed by atoms with E-state index in [0.29, 0.717) is 11.3 Å². The molecule has 0 saturated heterocycles. The van der Waals surface area contributed by atoms with Crippen LogP contribution in [0.1, 0.15) is 44.0 Å². The van der Waals surface area contributed by atoms with E-state index in [9.17, 15) is 13.2 Å². The molecule has 0 aliphatic heterocycles. The first kappa shape index (κ1) is 20.3. The van der Waals surface area contributed by atoms with E-state index in [2.05, 4.69) is 36.0 Å². The van der Waals surface area contributed by atoms with E-state index < -0.39 is 10.0 Å². The number of nitrogens with one attached hydrogen (secondary N) is 2. The van der Waals surface area contributed by atoms with Gasteiger partial charge in [0.15, 0.2) is 0 Å². The standard InChI is InChI=1S/C20H23N3O3S2/c1-14-11-17(13-20(2,3)12-14)21-22-19(24)15-6-8-16(9-7-15)23-28(25,26)18-5-4-10-27-18/h4-11,23H,12-13H2,1-3H3,(H,22,24)/b21-17+. The Morgan fingerprint density at radius 2 is 1.86 bits per heavy atom. The zero-order valence-electron chi connectivity index (χ0n) is 16.0. The second-order valence-corrected chi connectivity index (χ2v) is 10.5. The molecule has 0 atom stereocenters. The van der Waals surface area contributed by atoms with Gasteiger partial charge in [-0.05, 0) is 67.0 Å². The van der Waals surface area contributed by atoms with Crippen molar-refractivity contribution in [1.82, 2.24) is 5.43 Å². The molecule has 0 spiro atoms. The molecule has 1 aliphatic carbocycles. The first-order valence-electron chi connectivity index (χ1n) is 8.85. The molecule has 0 unspecified atom stereocenters. The fraction of sp³-hybridized carbons (Fsp3) is 0.300. The van der Waals surface area contributed by atoms with Gasteiger partial charge >= 0.3 is 0 Å². The number of thiophene rings is 1. The van der Waals surface area contributed by atoms with Gasteiger partial charge in [0.25, 0.3) is 15.9 Å². The summed E-state index contributed by atoms with van der Waals surface area (Å²) in [5, 5.41) is 5.95. The van der Waals surface area contributed by atoms with Crippen molar-refractivity contribution in [2.24, 2.45) is 10.5 Å². The number of amides is 1. The molecule has 8 heteroatoms. The smallest absolute Gasteiger partial charge is 0.271 e. The Bertz CT molecular complexity index is 1020. The maximum atomic E-state index is 12.3. The quantitative estimate of drug-likeness (QED) is 0.707. The second kappa shape index (κ2) is 7.89. The molecule has 0 radical (unpaired) electrons. The van der Waals surface area contributed by atoms with Crippen LogP contribution in [0.4, 0.5) is 5.69 Å². The number of rotatable bonds is 5. The van der Waals surface area contributed by atoms with E-state index in [1.54, 1.807) is 35.7 Å². The van der Waals surface area contributed by atoms with Gasteiger partial charge < -0.3 is 0 Å². The fourth-order valence-corrected chi connectivity index (χ4v) is 5.32. The summed E-state index contributed by atoms with van der Waals surface area (Å²) >= 11 is 1.14. The molecular weight excluding hydrogens is 394 g/mol. The van der Waals surface area contributed by atoms with Crippen molar-refractivity contribution in [3.63, 3.8) is 0 Å². The van der Waals surface area contributed by atoms with E-state index >= 15 is 0 Å². The van der Waals surface area contributed by atoms with Crippen LogP contribution in [0, 0.1) is 5.41 Å². The molecule has 2 aromatic rings. The predicted octanol–water partition coefficient (Wildman–Crippen LogP) is 4.40. The van der Waals surface area contributed by atoms with Gasteiger partial charge in [-0.15, -0.1) is 11.3 Å². The normalized spacial score (nSPS) is 17.8. The molecule has 148 valence electrons. The number of sulfonamides is 1. The van der Waals surface area contributed by atoms with Crippen LogP contribution in [0.5, 0.6) is 0 Å². The minimum absolute atomic E-state index is 0.129. The van der Waals surface area contributed by atoms with E-state index in [1.165, 1.54) is 11.6 Å². The van der Waals surface area contributed by atoms with Gasteiger partial charge in [-0.25, -0.2) is 13.8 Å². The maximum absolute atomic E-state index is 12.3. The fourth-order valence-electron chi connectivity index (χ4n) is 3.26. The maximum Gasteiger partial charge on any atom is 0.271 e. The molecule has 0 fully saturated rings. The van der Waals surface area contributed by atoms with Crippen LogP contribution in [0.25, 0.3) is 0 Å². The Morgan fingerprint density at radius 3 is 2.46 bits per heavy atom. The third-order valence-electron chi connectivity index (χ3n) is 4.29. The van der Waals surface area contributed by atoms with Gasteiger partial charge in [0.05, 0.1) is 5.71 Å². The van der Waals surface area contributed by atoms with Crippen molar-refractivity contribution < 1.29 is 13.2 Å². The lowest BCUT2D eigenvalue weighted by molar-refractivity contribution is 0.0954. The highest BCUT2D eigenvalue weighted by Crippen LogP contribution is 2.33. The highest BCUT2D eigenvalue weighted by Gasteiger charge is 2.24. The van der Waals surface area contributed by atoms with Gasteiger partial charge in [-0.1, -0.05) is 25.5 Å².